The number of hydrogen-bond donors (Lipinski definition) is 0. The minimum Gasteiger partial charge on any atom is -0.501 e. The highest BCUT2D eigenvalue weighted by Gasteiger charge is 2.36. The van der Waals surface area contributed by atoms with Crippen molar-refractivity contribution < 1.29 is 23.5 Å². The molecule has 23 heavy (non-hydrogen) atoms. The summed E-state index contributed by atoms with van der Waals surface area (Å²) in [6, 6.07) is 2.55. The number of allylic oxidation sites excluding steroid dienone is 1. The fraction of sp³-hybridized carbons (Fsp3) is 0.412. The van der Waals surface area contributed by atoms with Gasteiger partial charge in [0.05, 0.1) is 24.9 Å². The lowest BCUT2D eigenvalue weighted by molar-refractivity contribution is -0.116. The molecule has 6 heteroatoms. The van der Waals surface area contributed by atoms with Gasteiger partial charge in [-0.15, -0.1) is 11.8 Å². The van der Waals surface area contributed by atoms with Crippen molar-refractivity contribution in [3.05, 3.63) is 35.3 Å². The predicted octanol–water partition coefficient (Wildman–Crippen LogP) is 3.64. The molecule has 1 aliphatic carbocycles. The highest BCUT2D eigenvalue weighted by Crippen LogP contribution is 2.37. The molecule has 0 aromatic heterocycles. The van der Waals surface area contributed by atoms with Crippen molar-refractivity contribution in [1.82, 2.24) is 0 Å². The van der Waals surface area contributed by atoms with Gasteiger partial charge >= 0.3 is 0 Å². The maximum atomic E-state index is 13.8. The maximum Gasteiger partial charge on any atom is 0.200 e. The smallest absolute Gasteiger partial charge is 0.200 e. The molecule has 0 heterocycles. The van der Waals surface area contributed by atoms with Crippen LogP contribution >= 0.6 is 11.8 Å². The largest absolute Gasteiger partial charge is 0.501 e. The van der Waals surface area contributed by atoms with Crippen LogP contribution in [0.3, 0.4) is 0 Å². The number of ether oxygens (including phenoxy) is 2. The van der Waals surface area contributed by atoms with E-state index in [1.54, 1.807) is 13.2 Å². The number of rotatable bonds is 8. The lowest BCUT2D eigenvalue weighted by Crippen LogP contribution is -2.17. The Morgan fingerprint density at radius 1 is 1.39 bits per heavy atom. The summed E-state index contributed by atoms with van der Waals surface area (Å²) in [7, 11) is 1.35. The zero-order chi connectivity index (χ0) is 17.0. The summed E-state index contributed by atoms with van der Waals surface area (Å²) in [5, 5.41) is 0. The molecule has 0 spiro atoms. The molecule has 1 aromatic carbocycles. The third kappa shape index (κ3) is 3.75. The third-order valence-electron chi connectivity index (χ3n) is 3.54. The molecule has 124 valence electrons. The van der Waals surface area contributed by atoms with Gasteiger partial charge in [0, 0.05) is 11.5 Å². The van der Waals surface area contributed by atoms with E-state index in [2.05, 4.69) is 0 Å². The van der Waals surface area contributed by atoms with Crippen molar-refractivity contribution in [3.63, 3.8) is 0 Å². The fourth-order valence-corrected chi connectivity index (χ4v) is 2.96. The van der Waals surface area contributed by atoms with Crippen LogP contribution in [-0.4, -0.2) is 31.5 Å². The Kier molecular flexibility index (Phi) is 5.82. The van der Waals surface area contributed by atoms with Crippen LogP contribution in [0.15, 0.2) is 28.9 Å². The molecule has 0 atom stereocenters. The number of benzene rings is 1. The van der Waals surface area contributed by atoms with E-state index in [1.807, 2.05) is 0 Å². The van der Waals surface area contributed by atoms with Crippen LogP contribution in [0.1, 0.15) is 30.1 Å². The third-order valence-corrected chi connectivity index (χ3v) is 4.36. The first-order chi connectivity index (χ1) is 11.0. The molecule has 0 radical (unpaired) electrons. The lowest BCUT2D eigenvalue weighted by Gasteiger charge is -2.13. The van der Waals surface area contributed by atoms with Gasteiger partial charge in [-0.2, -0.15) is 0 Å². The van der Waals surface area contributed by atoms with E-state index in [-0.39, 0.29) is 28.6 Å². The second kappa shape index (κ2) is 7.64. The molecule has 0 bridgehead atoms. The van der Waals surface area contributed by atoms with Crippen LogP contribution in [-0.2, 0) is 9.53 Å². The molecule has 1 aliphatic rings. The Labute approximate surface area is 139 Å². The van der Waals surface area contributed by atoms with Crippen molar-refractivity contribution in [2.45, 2.75) is 24.7 Å². The normalized spacial score (nSPS) is 14.5. The molecular weight excluding hydrogens is 319 g/mol. The number of hydrogen-bond acceptors (Lipinski definition) is 5. The number of halogens is 1. The number of Topliss-reactive ketones (excluding diaryl/α,β-unsaturated/α-hetero) is 2. The first-order valence-electron chi connectivity index (χ1n) is 7.36. The van der Waals surface area contributed by atoms with E-state index in [0.29, 0.717) is 11.5 Å². The molecule has 0 unspecified atom stereocenters. The van der Waals surface area contributed by atoms with Crippen LogP contribution in [0.5, 0.6) is 5.75 Å². The molecule has 1 aromatic rings. The van der Waals surface area contributed by atoms with E-state index >= 15 is 0 Å². The average Bonchev–Trinajstić information content (AvgIpc) is 3.39. The van der Waals surface area contributed by atoms with Gasteiger partial charge in [-0.05, 0) is 38.2 Å². The molecule has 0 N–H and O–H groups in total. The number of methoxy groups -OCH3 is 1. The fourth-order valence-electron chi connectivity index (χ4n) is 2.21. The van der Waals surface area contributed by atoms with Gasteiger partial charge in [-0.1, -0.05) is 0 Å². The Balaban J connectivity index is 2.45. The van der Waals surface area contributed by atoms with E-state index < -0.39 is 11.6 Å². The first kappa shape index (κ1) is 17.5. The molecular formula is C17H19FO4S. The van der Waals surface area contributed by atoms with Crippen LogP contribution in [0.25, 0.3) is 0 Å². The highest BCUT2D eigenvalue weighted by atomic mass is 32.2. The van der Waals surface area contributed by atoms with Gasteiger partial charge in [0.1, 0.15) is 5.57 Å². The summed E-state index contributed by atoms with van der Waals surface area (Å²) in [5.41, 5.74) is 0.258. The van der Waals surface area contributed by atoms with Crippen molar-refractivity contribution in [1.29, 1.82) is 0 Å². The monoisotopic (exact) mass is 338 g/mol. The molecule has 0 amide bonds. The molecule has 1 fully saturated rings. The maximum absolute atomic E-state index is 13.8. The molecule has 0 aliphatic heterocycles. The average molecular weight is 338 g/mol. The quantitative estimate of drug-likeness (QED) is 0.181. The summed E-state index contributed by atoms with van der Waals surface area (Å²) in [6.07, 6.45) is 4.53. The highest BCUT2D eigenvalue weighted by molar-refractivity contribution is 7.98. The minimum atomic E-state index is -0.544. The zero-order valence-corrected chi connectivity index (χ0v) is 14.2. The summed E-state index contributed by atoms with van der Waals surface area (Å²) >= 11 is 1.20. The molecule has 4 nitrogen and oxygen atoms in total. The SMILES string of the molecule is CCO/C=C(\C(=O)c1ccc(F)c(OC)c1SC)C(=O)C1CC1. The standard InChI is InChI=1S/C17H19FO4S/c1-4-22-9-12(14(19)10-5-6-10)15(20)11-7-8-13(18)16(21-2)17(11)23-3/h7-10H,4-6H2,1-3H3/b12-9-. The Morgan fingerprint density at radius 2 is 2.09 bits per heavy atom. The predicted molar refractivity (Wildman–Crippen MR) is 86.5 cm³/mol. The molecule has 0 saturated heterocycles. The van der Waals surface area contributed by atoms with Crippen LogP contribution in [0, 0.1) is 11.7 Å². The van der Waals surface area contributed by atoms with E-state index in [1.165, 1.54) is 37.3 Å². The van der Waals surface area contributed by atoms with Crippen molar-refractivity contribution >= 4 is 23.3 Å². The van der Waals surface area contributed by atoms with Crippen molar-refractivity contribution in [2.75, 3.05) is 20.0 Å². The topological polar surface area (TPSA) is 52.6 Å². The number of thioether (sulfide) groups is 1. The van der Waals surface area contributed by atoms with Gasteiger partial charge in [-0.3, -0.25) is 9.59 Å². The van der Waals surface area contributed by atoms with Gasteiger partial charge in [-0.25, -0.2) is 4.39 Å². The van der Waals surface area contributed by atoms with Gasteiger partial charge in [0.25, 0.3) is 0 Å². The zero-order valence-electron chi connectivity index (χ0n) is 13.3. The van der Waals surface area contributed by atoms with Crippen molar-refractivity contribution in [3.8, 4) is 5.75 Å². The number of ketones is 2. The summed E-state index contributed by atoms with van der Waals surface area (Å²) in [4.78, 5) is 25.6. The van der Waals surface area contributed by atoms with Gasteiger partial charge in [0.2, 0.25) is 5.78 Å². The Bertz CT molecular complexity index is 650. The summed E-state index contributed by atoms with van der Waals surface area (Å²) < 4.78 is 24.1. The van der Waals surface area contributed by atoms with Gasteiger partial charge in [0.15, 0.2) is 17.3 Å². The number of carbonyl (C=O) groups excluding carboxylic acids is 2. The summed E-state index contributed by atoms with van der Waals surface area (Å²) in [5.74, 6) is -1.31. The summed E-state index contributed by atoms with van der Waals surface area (Å²) in [6.45, 7) is 2.13. The van der Waals surface area contributed by atoms with Gasteiger partial charge < -0.3 is 9.47 Å². The second-order valence-electron chi connectivity index (χ2n) is 5.12. The van der Waals surface area contributed by atoms with E-state index in [9.17, 15) is 14.0 Å². The Hall–Kier alpha value is -1.82. The lowest BCUT2D eigenvalue weighted by atomic mass is 9.98. The second-order valence-corrected chi connectivity index (χ2v) is 5.93. The van der Waals surface area contributed by atoms with Crippen LogP contribution < -0.4 is 4.74 Å². The van der Waals surface area contributed by atoms with Crippen LogP contribution in [0.2, 0.25) is 0 Å². The van der Waals surface area contributed by atoms with E-state index in [4.69, 9.17) is 9.47 Å². The Morgan fingerprint density at radius 3 is 2.61 bits per heavy atom. The van der Waals surface area contributed by atoms with Crippen LogP contribution in [0.4, 0.5) is 4.39 Å². The molecule has 2 rings (SSSR count). The molecule has 1 saturated carbocycles. The minimum absolute atomic E-state index is 0.0120. The first-order valence-corrected chi connectivity index (χ1v) is 8.58. The van der Waals surface area contributed by atoms with Crippen molar-refractivity contribution in [2.24, 2.45) is 5.92 Å². The van der Waals surface area contributed by atoms with E-state index in [0.717, 1.165) is 12.8 Å². The number of carbonyl (C=O) groups is 2.